The quantitative estimate of drug-likeness (QED) is 0.459. The highest BCUT2D eigenvalue weighted by molar-refractivity contribution is 5.90. The van der Waals surface area contributed by atoms with Crippen molar-refractivity contribution >= 4 is 11.7 Å². The summed E-state index contributed by atoms with van der Waals surface area (Å²) < 4.78 is 4.65. The molecule has 1 unspecified atom stereocenters. The molecule has 6 nitrogen and oxygen atoms in total. The third-order valence-electron chi connectivity index (χ3n) is 3.09. The summed E-state index contributed by atoms with van der Waals surface area (Å²) in [6.07, 6.45) is 0.537. The van der Waals surface area contributed by atoms with Crippen molar-refractivity contribution in [2.75, 3.05) is 25.1 Å². The molecule has 0 radical (unpaired) electrons. The van der Waals surface area contributed by atoms with E-state index in [1.165, 1.54) is 7.11 Å². The average Bonchev–Trinajstić information content (AvgIpc) is 2.88. The van der Waals surface area contributed by atoms with Gasteiger partial charge in [-0.25, -0.2) is 4.79 Å². The van der Waals surface area contributed by atoms with Crippen molar-refractivity contribution < 1.29 is 14.5 Å². The van der Waals surface area contributed by atoms with E-state index < -0.39 is 12.0 Å². The molecule has 0 amide bonds. The third kappa shape index (κ3) is 2.42. The number of hydrogen-bond donors (Lipinski definition) is 0. The summed E-state index contributed by atoms with van der Waals surface area (Å²) in [5.41, 5.74) is 1.28. The minimum Gasteiger partial charge on any atom is -0.465 e. The van der Waals surface area contributed by atoms with Gasteiger partial charge in [0.15, 0.2) is 0 Å². The monoisotopic (exact) mass is 250 g/mol. The molecule has 0 aliphatic carbocycles. The summed E-state index contributed by atoms with van der Waals surface area (Å²) in [6, 6.07) is 6.44. The van der Waals surface area contributed by atoms with Crippen molar-refractivity contribution in [2.24, 2.45) is 0 Å². The number of anilines is 1. The molecule has 1 aromatic rings. The molecule has 1 atom stereocenters. The van der Waals surface area contributed by atoms with Crippen LogP contribution in [0.2, 0.25) is 0 Å². The summed E-state index contributed by atoms with van der Waals surface area (Å²) in [5, 5.41) is 10.7. The summed E-state index contributed by atoms with van der Waals surface area (Å²) in [4.78, 5) is 23.8. The van der Waals surface area contributed by atoms with E-state index in [1.54, 1.807) is 18.2 Å². The van der Waals surface area contributed by atoms with Gasteiger partial charge in [0.2, 0.25) is 6.04 Å². The second kappa shape index (κ2) is 5.03. The Bertz CT molecular complexity index is 475. The van der Waals surface area contributed by atoms with E-state index in [9.17, 15) is 14.9 Å². The minimum absolute atomic E-state index is 0.246. The molecule has 2 rings (SSSR count). The summed E-state index contributed by atoms with van der Waals surface area (Å²) in [7, 11) is 1.33. The molecule has 0 aromatic heterocycles. The zero-order valence-corrected chi connectivity index (χ0v) is 10.0. The van der Waals surface area contributed by atoms with E-state index in [1.807, 2.05) is 11.0 Å². The van der Waals surface area contributed by atoms with Crippen LogP contribution in [0.5, 0.6) is 0 Å². The zero-order chi connectivity index (χ0) is 13.1. The zero-order valence-electron chi connectivity index (χ0n) is 10.0. The van der Waals surface area contributed by atoms with Crippen LogP contribution in [0.25, 0.3) is 0 Å². The number of carbonyl (C=O) groups excluding carboxylic acids is 1. The van der Waals surface area contributed by atoms with Gasteiger partial charge in [0.25, 0.3) is 0 Å². The van der Waals surface area contributed by atoms with Crippen molar-refractivity contribution in [1.29, 1.82) is 0 Å². The molecule has 18 heavy (non-hydrogen) atoms. The lowest BCUT2D eigenvalue weighted by Crippen LogP contribution is -2.26. The fourth-order valence-electron chi connectivity index (χ4n) is 2.10. The molecule has 1 saturated heterocycles. The molecule has 0 saturated carbocycles. The van der Waals surface area contributed by atoms with Crippen molar-refractivity contribution in [2.45, 2.75) is 12.5 Å². The van der Waals surface area contributed by atoms with E-state index in [-0.39, 0.29) is 4.92 Å². The highest BCUT2D eigenvalue weighted by Crippen LogP contribution is 2.22. The number of esters is 1. The topological polar surface area (TPSA) is 72.7 Å². The highest BCUT2D eigenvalue weighted by Gasteiger charge is 2.31. The molecule has 1 heterocycles. The van der Waals surface area contributed by atoms with Crippen LogP contribution >= 0.6 is 0 Å². The SMILES string of the molecule is COC(=O)c1cccc(N2CCC([N+](=O)[O-])C2)c1. The Labute approximate surface area is 104 Å². The van der Waals surface area contributed by atoms with Gasteiger partial charge in [-0.2, -0.15) is 0 Å². The number of nitro groups is 1. The van der Waals surface area contributed by atoms with E-state index in [0.29, 0.717) is 25.1 Å². The largest absolute Gasteiger partial charge is 0.465 e. The lowest BCUT2D eigenvalue weighted by Gasteiger charge is -2.17. The van der Waals surface area contributed by atoms with Gasteiger partial charge in [-0.05, 0) is 18.2 Å². The van der Waals surface area contributed by atoms with Crippen LogP contribution < -0.4 is 4.90 Å². The number of ether oxygens (including phenoxy) is 1. The fourth-order valence-corrected chi connectivity index (χ4v) is 2.10. The second-order valence-electron chi connectivity index (χ2n) is 4.22. The fraction of sp³-hybridized carbons (Fsp3) is 0.417. The molecule has 0 N–H and O–H groups in total. The van der Waals surface area contributed by atoms with Gasteiger partial charge in [-0.15, -0.1) is 0 Å². The predicted molar refractivity (Wildman–Crippen MR) is 65.4 cm³/mol. The molecule has 1 fully saturated rings. The predicted octanol–water partition coefficient (Wildman–Crippen LogP) is 1.33. The van der Waals surface area contributed by atoms with Crippen LogP contribution in [-0.2, 0) is 4.74 Å². The van der Waals surface area contributed by atoms with E-state index in [4.69, 9.17) is 0 Å². The van der Waals surface area contributed by atoms with Crippen molar-refractivity contribution in [1.82, 2.24) is 0 Å². The van der Waals surface area contributed by atoms with E-state index in [0.717, 1.165) is 5.69 Å². The number of nitrogens with zero attached hydrogens (tertiary/aromatic N) is 2. The van der Waals surface area contributed by atoms with Gasteiger partial charge in [0, 0.05) is 23.6 Å². The highest BCUT2D eigenvalue weighted by atomic mass is 16.6. The maximum Gasteiger partial charge on any atom is 0.337 e. The number of rotatable bonds is 3. The van der Waals surface area contributed by atoms with Crippen molar-refractivity contribution in [3.63, 3.8) is 0 Å². The second-order valence-corrected chi connectivity index (χ2v) is 4.22. The first-order valence-corrected chi connectivity index (χ1v) is 5.68. The van der Waals surface area contributed by atoms with Gasteiger partial charge in [-0.3, -0.25) is 10.1 Å². The van der Waals surface area contributed by atoms with Crippen LogP contribution in [0.3, 0.4) is 0 Å². The lowest BCUT2D eigenvalue weighted by atomic mass is 10.2. The Morgan fingerprint density at radius 1 is 1.56 bits per heavy atom. The minimum atomic E-state index is -0.521. The Morgan fingerprint density at radius 2 is 2.33 bits per heavy atom. The number of carbonyl (C=O) groups is 1. The first-order chi connectivity index (χ1) is 8.61. The molecule has 96 valence electrons. The first-order valence-electron chi connectivity index (χ1n) is 5.68. The van der Waals surface area contributed by atoms with Crippen molar-refractivity contribution in [3.8, 4) is 0 Å². The summed E-state index contributed by atoms with van der Waals surface area (Å²) in [6.45, 7) is 1.02. The standard InChI is InChI=1S/C12H14N2O4/c1-18-12(15)9-3-2-4-10(7-9)13-6-5-11(8-13)14(16)17/h2-4,7,11H,5-6,8H2,1H3. The van der Waals surface area contributed by atoms with Crippen molar-refractivity contribution in [3.05, 3.63) is 39.9 Å². The van der Waals surface area contributed by atoms with Crippen LogP contribution in [0, 0.1) is 10.1 Å². The van der Waals surface area contributed by atoms with Crippen LogP contribution in [-0.4, -0.2) is 37.1 Å². The molecular formula is C12H14N2O4. The maximum atomic E-state index is 11.4. The molecular weight excluding hydrogens is 236 g/mol. The normalized spacial score (nSPS) is 18.7. The maximum absolute atomic E-state index is 11.4. The Balaban J connectivity index is 2.15. The number of methoxy groups -OCH3 is 1. The summed E-state index contributed by atoms with van der Waals surface area (Å²) in [5.74, 6) is -0.401. The van der Waals surface area contributed by atoms with Crippen LogP contribution in [0.4, 0.5) is 5.69 Å². The Hall–Kier alpha value is -2.11. The molecule has 1 aliphatic heterocycles. The van der Waals surface area contributed by atoms with Gasteiger partial charge < -0.3 is 9.64 Å². The average molecular weight is 250 g/mol. The van der Waals surface area contributed by atoms with Crippen LogP contribution in [0.15, 0.2) is 24.3 Å². The summed E-state index contributed by atoms with van der Waals surface area (Å²) >= 11 is 0. The first kappa shape index (κ1) is 12.3. The van der Waals surface area contributed by atoms with Gasteiger partial charge in [0.05, 0.1) is 19.2 Å². The number of benzene rings is 1. The van der Waals surface area contributed by atoms with Gasteiger partial charge >= 0.3 is 5.97 Å². The van der Waals surface area contributed by atoms with E-state index in [2.05, 4.69) is 4.74 Å². The van der Waals surface area contributed by atoms with Gasteiger partial charge in [0.1, 0.15) is 0 Å². The Morgan fingerprint density at radius 3 is 2.94 bits per heavy atom. The molecule has 1 aromatic carbocycles. The molecule has 1 aliphatic rings. The van der Waals surface area contributed by atoms with Crippen LogP contribution in [0.1, 0.15) is 16.8 Å². The van der Waals surface area contributed by atoms with E-state index >= 15 is 0 Å². The lowest BCUT2D eigenvalue weighted by molar-refractivity contribution is -0.516. The van der Waals surface area contributed by atoms with Gasteiger partial charge in [-0.1, -0.05) is 6.07 Å². The molecule has 6 heteroatoms. The third-order valence-corrected chi connectivity index (χ3v) is 3.09. The molecule has 0 bridgehead atoms. The number of hydrogen-bond acceptors (Lipinski definition) is 5. The Kier molecular flexibility index (Phi) is 3.45. The smallest absolute Gasteiger partial charge is 0.337 e. The molecule has 0 spiro atoms.